The summed E-state index contributed by atoms with van der Waals surface area (Å²) in [5, 5.41) is 17.2. The molecule has 0 fully saturated rings. The van der Waals surface area contributed by atoms with E-state index < -0.39 is 11.9 Å². The zero-order valence-electron chi connectivity index (χ0n) is 6.32. The van der Waals surface area contributed by atoms with Crippen molar-refractivity contribution < 1.29 is 19.8 Å². The van der Waals surface area contributed by atoms with Gasteiger partial charge in [0.1, 0.15) is 0 Å². The molecule has 0 amide bonds. The molecule has 2 N–H and O–H groups in total. The van der Waals surface area contributed by atoms with Crippen molar-refractivity contribution in [2.75, 3.05) is 0 Å². The van der Waals surface area contributed by atoms with Crippen LogP contribution in [0.4, 0.5) is 0 Å². The monoisotopic (exact) mass is 244 g/mol. The molecule has 5 heteroatoms. The normalized spacial score (nSPS) is 9.62. The van der Waals surface area contributed by atoms with Gasteiger partial charge in [-0.15, -0.1) is 0 Å². The van der Waals surface area contributed by atoms with E-state index in [1.54, 1.807) is 0 Å². The summed E-state index contributed by atoms with van der Waals surface area (Å²) in [4.78, 5) is 21.0. The molecule has 0 spiro atoms. The summed E-state index contributed by atoms with van der Waals surface area (Å²) in [6.07, 6.45) is 0. The summed E-state index contributed by atoms with van der Waals surface area (Å²) in [6.45, 7) is 0. The van der Waals surface area contributed by atoms with Crippen LogP contribution in [0.25, 0.3) is 0 Å². The van der Waals surface area contributed by atoms with Crippen LogP contribution in [-0.2, 0) is 0 Å². The minimum Gasteiger partial charge on any atom is -0.478 e. The van der Waals surface area contributed by atoms with E-state index >= 15 is 0 Å². The minimum absolute atomic E-state index is 0.0493. The van der Waals surface area contributed by atoms with Gasteiger partial charge in [0.05, 0.1) is 11.1 Å². The predicted molar refractivity (Wildman–Crippen MR) is 48.1 cm³/mol. The molecule has 13 heavy (non-hydrogen) atoms. The van der Waals surface area contributed by atoms with Gasteiger partial charge in [-0.25, -0.2) is 9.59 Å². The Balaban J connectivity index is 3.26. The van der Waals surface area contributed by atoms with Gasteiger partial charge in [0.15, 0.2) is 0 Å². The van der Waals surface area contributed by atoms with Gasteiger partial charge in [0.2, 0.25) is 0 Å². The molecule has 1 rings (SSSR count). The zero-order chi connectivity index (χ0) is 10.0. The maximum atomic E-state index is 10.5. The summed E-state index contributed by atoms with van der Waals surface area (Å²) in [7, 11) is 0. The maximum Gasteiger partial charge on any atom is 0.335 e. The maximum absolute atomic E-state index is 10.5. The van der Waals surface area contributed by atoms with Crippen LogP contribution in [0.3, 0.4) is 0 Å². The summed E-state index contributed by atoms with van der Waals surface area (Å²) in [5.74, 6) is -2.30. The molecule has 0 radical (unpaired) electrons. The fourth-order valence-corrected chi connectivity index (χ4v) is 1.33. The van der Waals surface area contributed by atoms with Gasteiger partial charge in [0.25, 0.3) is 0 Å². The molecule has 0 unspecified atom stereocenters. The number of rotatable bonds is 2. The lowest BCUT2D eigenvalue weighted by Gasteiger charge is -1.98. The van der Waals surface area contributed by atoms with Crippen molar-refractivity contribution in [3.05, 3.63) is 33.8 Å². The first-order valence-corrected chi connectivity index (χ1v) is 4.07. The second kappa shape index (κ2) is 3.57. The Morgan fingerprint density at radius 1 is 1.00 bits per heavy atom. The van der Waals surface area contributed by atoms with E-state index in [9.17, 15) is 9.59 Å². The standard InChI is InChI=1S/C8H5BrO4/c9-6-2-4(7(10)11)1-5(3-6)8(12)13/h1-3H,(H,10,11)(H,12,13). The molecule has 68 valence electrons. The van der Waals surface area contributed by atoms with E-state index in [2.05, 4.69) is 15.9 Å². The Hall–Kier alpha value is -1.36. The van der Waals surface area contributed by atoms with Gasteiger partial charge >= 0.3 is 11.9 Å². The smallest absolute Gasteiger partial charge is 0.335 e. The van der Waals surface area contributed by atoms with Crippen LogP contribution in [0.5, 0.6) is 0 Å². The van der Waals surface area contributed by atoms with Crippen LogP contribution in [0.15, 0.2) is 22.7 Å². The van der Waals surface area contributed by atoms with Crippen molar-refractivity contribution in [1.82, 2.24) is 0 Å². The number of carboxylic acids is 2. The van der Waals surface area contributed by atoms with Gasteiger partial charge in [-0.2, -0.15) is 0 Å². The van der Waals surface area contributed by atoms with Gasteiger partial charge in [0, 0.05) is 4.47 Å². The fraction of sp³-hybridized carbons (Fsp3) is 0. The SMILES string of the molecule is O=C(O)c1cc(Br)cc(C(=O)O)c1. The van der Waals surface area contributed by atoms with Crippen LogP contribution in [0.1, 0.15) is 20.7 Å². The third kappa shape index (κ3) is 2.29. The van der Waals surface area contributed by atoms with Crippen molar-refractivity contribution in [2.24, 2.45) is 0 Å². The molecule has 0 aliphatic rings. The zero-order valence-corrected chi connectivity index (χ0v) is 7.91. The van der Waals surface area contributed by atoms with Crippen LogP contribution >= 0.6 is 15.9 Å². The Labute approximate surface area is 81.9 Å². The van der Waals surface area contributed by atoms with Crippen molar-refractivity contribution >= 4 is 27.9 Å². The summed E-state index contributed by atoms with van der Waals surface area (Å²) in [6, 6.07) is 3.79. The average molecular weight is 245 g/mol. The topological polar surface area (TPSA) is 74.6 Å². The van der Waals surface area contributed by atoms with E-state index in [4.69, 9.17) is 10.2 Å². The van der Waals surface area contributed by atoms with Gasteiger partial charge in [-0.3, -0.25) is 0 Å². The molecule has 0 aliphatic carbocycles. The van der Waals surface area contributed by atoms with Gasteiger partial charge in [-0.05, 0) is 18.2 Å². The molecule has 4 nitrogen and oxygen atoms in total. The molecule has 0 heterocycles. The first-order chi connectivity index (χ1) is 6.00. The van der Waals surface area contributed by atoms with E-state index in [0.717, 1.165) is 6.07 Å². The average Bonchev–Trinajstić information content (AvgIpc) is 2.03. The number of carboxylic acid groups (broad SMARTS) is 2. The molecule has 0 aliphatic heterocycles. The van der Waals surface area contributed by atoms with E-state index in [-0.39, 0.29) is 11.1 Å². The Bertz CT molecular complexity index is 340. The second-order valence-electron chi connectivity index (χ2n) is 2.34. The lowest BCUT2D eigenvalue weighted by Crippen LogP contribution is -2.02. The number of hydrogen-bond donors (Lipinski definition) is 2. The third-order valence-corrected chi connectivity index (χ3v) is 1.85. The molecule has 0 saturated carbocycles. The second-order valence-corrected chi connectivity index (χ2v) is 3.25. The number of aromatic carboxylic acids is 2. The Morgan fingerprint density at radius 2 is 1.38 bits per heavy atom. The largest absolute Gasteiger partial charge is 0.478 e. The van der Waals surface area contributed by atoms with E-state index in [1.165, 1.54) is 12.1 Å². The number of carbonyl (C=O) groups is 2. The van der Waals surface area contributed by atoms with Gasteiger partial charge < -0.3 is 10.2 Å². The number of halogens is 1. The number of hydrogen-bond acceptors (Lipinski definition) is 2. The van der Waals surface area contributed by atoms with Crippen molar-refractivity contribution in [3.63, 3.8) is 0 Å². The van der Waals surface area contributed by atoms with Crippen molar-refractivity contribution in [2.45, 2.75) is 0 Å². The molecule has 0 aromatic heterocycles. The van der Waals surface area contributed by atoms with Crippen molar-refractivity contribution in [3.8, 4) is 0 Å². The Morgan fingerprint density at radius 3 is 1.69 bits per heavy atom. The van der Waals surface area contributed by atoms with E-state index in [1.807, 2.05) is 0 Å². The highest BCUT2D eigenvalue weighted by atomic mass is 79.9. The van der Waals surface area contributed by atoms with Crippen LogP contribution in [0, 0.1) is 0 Å². The molecular weight excluding hydrogens is 240 g/mol. The minimum atomic E-state index is -1.15. The molecule has 0 atom stereocenters. The highest BCUT2D eigenvalue weighted by Gasteiger charge is 2.09. The quantitative estimate of drug-likeness (QED) is 0.833. The van der Waals surface area contributed by atoms with Crippen LogP contribution in [-0.4, -0.2) is 22.2 Å². The van der Waals surface area contributed by atoms with Crippen LogP contribution < -0.4 is 0 Å². The molecule has 1 aromatic rings. The lowest BCUT2D eigenvalue weighted by molar-refractivity contribution is 0.0696. The highest BCUT2D eigenvalue weighted by Crippen LogP contribution is 2.15. The number of benzene rings is 1. The lowest BCUT2D eigenvalue weighted by atomic mass is 10.1. The molecule has 0 saturated heterocycles. The van der Waals surface area contributed by atoms with E-state index in [0.29, 0.717) is 4.47 Å². The molecule has 1 aromatic carbocycles. The van der Waals surface area contributed by atoms with Crippen molar-refractivity contribution in [1.29, 1.82) is 0 Å². The first-order valence-electron chi connectivity index (χ1n) is 3.28. The molecular formula is C8H5BrO4. The van der Waals surface area contributed by atoms with Gasteiger partial charge in [-0.1, -0.05) is 15.9 Å². The summed E-state index contributed by atoms with van der Waals surface area (Å²) >= 11 is 3.02. The summed E-state index contributed by atoms with van der Waals surface area (Å²) in [5.41, 5.74) is -0.0986. The summed E-state index contributed by atoms with van der Waals surface area (Å²) < 4.78 is 0.435. The fourth-order valence-electron chi connectivity index (χ4n) is 0.837. The highest BCUT2D eigenvalue weighted by molar-refractivity contribution is 9.10. The predicted octanol–water partition coefficient (Wildman–Crippen LogP) is 1.85. The Kier molecular flexibility index (Phi) is 2.67. The third-order valence-electron chi connectivity index (χ3n) is 1.39. The molecule has 0 bridgehead atoms. The first kappa shape index (κ1) is 9.73. The van der Waals surface area contributed by atoms with Crippen LogP contribution in [0.2, 0.25) is 0 Å².